The van der Waals surface area contributed by atoms with Crippen LogP contribution >= 0.6 is 0 Å². The number of amides is 1. The third kappa shape index (κ3) is 4.32. The Morgan fingerprint density at radius 1 is 1.23 bits per heavy atom. The lowest BCUT2D eigenvalue weighted by Crippen LogP contribution is -2.47. The molecule has 0 aliphatic heterocycles. The summed E-state index contributed by atoms with van der Waals surface area (Å²) in [5.41, 5.74) is 6.33. The van der Waals surface area contributed by atoms with Crippen LogP contribution in [0.4, 0.5) is 10.1 Å². The minimum atomic E-state index is -1.17. The first kappa shape index (κ1) is 21.0. The summed E-state index contributed by atoms with van der Waals surface area (Å²) >= 11 is 0. The molecule has 0 bridgehead atoms. The van der Waals surface area contributed by atoms with Gasteiger partial charge in [0.15, 0.2) is 0 Å². The van der Waals surface area contributed by atoms with Crippen molar-refractivity contribution in [1.82, 2.24) is 10.3 Å². The summed E-state index contributed by atoms with van der Waals surface area (Å²) in [6, 6.07) is 10.5. The molecule has 156 valence electrons. The van der Waals surface area contributed by atoms with Gasteiger partial charge in [-0.05, 0) is 51.1 Å². The predicted octanol–water partition coefficient (Wildman–Crippen LogP) is 3.55. The van der Waals surface area contributed by atoms with E-state index < -0.39 is 23.2 Å². The van der Waals surface area contributed by atoms with Crippen molar-refractivity contribution in [3.8, 4) is 5.75 Å². The molecule has 0 atom stereocenters. The number of aryl methyl sites for hydroxylation is 1. The molecule has 4 N–H and O–H groups in total. The summed E-state index contributed by atoms with van der Waals surface area (Å²) in [6.45, 7) is 5.15. The highest BCUT2D eigenvalue weighted by Gasteiger charge is 2.24. The minimum absolute atomic E-state index is 0.0584. The SMILES string of the molecule is Cc1nc2cccc(OCC(C)(C)NC(=O)c3cccc(F)c3)c2c(N)c1C(=O)O. The first-order chi connectivity index (χ1) is 14.1. The molecule has 0 unspecified atom stereocenters. The molecule has 0 saturated heterocycles. The van der Waals surface area contributed by atoms with Crippen LogP contribution in [0.5, 0.6) is 5.75 Å². The largest absolute Gasteiger partial charge is 0.490 e. The second-order valence-corrected chi connectivity index (χ2v) is 7.58. The van der Waals surface area contributed by atoms with Crippen molar-refractivity contribution in [3.63, 3.8) is 0 Å². The molecule has 8 heteroatoms. The number of nitrogen functional groups attached to an aromatic ring is 1. The van der Waals surface area contributed by atoms with Crippen molar-refractivity contribution in [1.29, 1.82) is 0 Å². The number of hydrogen-bond donors (Lipinski definition) is 3. The van der Waals surface area contributed by atoms with Crippen molar-refractivity contribution in [3.05, 3.63) is 65.1 Å². The molecule has 1 aromatic heterocycles. The van der Waals surface area contributed by atoms with Gasteiger partial charge in [0.25, 0.3) is 5.91 Å². The number of anilines is 1. The zero-order valence-corrected chi connectivity index (χ0v) is 16.8. The Kier molecular flexibility index (Phi) is 5.60. The molecule has 0 aliphatic rings. The average Bonchev–Trinajstić information content (AvgIpc) is 2.65. The van der Waals surface area contributed by atoms with E-state index in [0.717, 1.165) is 6.07 Å². The van der Waals surface area contributed by atoms with Gasteiger partial charge < -0.3 is 20.9 Å². The molecule has 3 rings (SSSR count). The molecule has 0 radical (unpaired) electrons. The van der Waals surface area contributed by atoms with Gasteiger partial charge in [0.1, 0.15) is 23.7 Å². The maximum absolute atomic E-state index is 13.4. The maximum atomic E-state index is 13.4. The van der Waals surface area contributed by atoms with Gasteiger partial charge >= 0.3 is 5.97 Å². The van der Waals surface area contributed by atoms with Crippen LogP contribution in [0, 0.1) is 12.7 Å². The van der Waals surface area contributed by atoms with E-state index in [1.807, 2.05) is 0 Å². The van der Waals surface area contributed by atoms with E-state index in [9.17, 15) is 19.1 Å². The number of aromatic nitrogens is 1. The van der Waals surface area contributed by atoms with Crippen LogP contribution in [0.3, 0.4) is 0 Å². The molecule has 0 spiro atoms. The fourth-order valence-corrected chi connectivity index (χ4v) is 3.13. The minimum Gasteiger partial charge on any atom is -0.490 e. The average molecular weight is 411 g/mol. The Balaban J connectivity index is 1.85. The van der Waals surface area contributed by atoms with Crippen LogP contribution in [0.1, 0.15) is 40.3 Å². The number of nitrogens with one attached hydrogen (secondary N) is 1. The smallest absolute Gasteiger partial charge is 0.339 e. The molecule has 0 saturated carbocycles. The van der Waals surface area contributed by atoms with Crippen molar-refractivity contribution in [2.45, 2.75) is 26.3 Å². The fourth-order valence-electron chi connectivity index (χ4n) is 3.13. The summed E-state index contributed by atoms with van der Waals surface area (Å²) in [6.07, 6.45) is 0. The summed E-state index contributed by atoms with van der Waals surface area (Å²) in [5, 5.41) is 12.6. The Bertz CT molecular complexity index is 1140. The quantitative estimate of drug-likeness (QED) is 0.571. The second kappa shape index (κ2) is 7.98. The number of pyridine rings is 1. The van der Waals surface area contributed by atoms with Gasteiger partial charge in [-0.3, -0.25) is 9.78 Å². The van der Waals surface area contributed by atoms with Gasteiger partial charge in [-0.25, -0.2) is 9.18 Å². The van der Waals surface area contributed by atoms with Crippen LogP contribution in [0.15, 0.2) is 42.5 Å². The van der Waals surface area contributed by atoms with Gasteiger partial charge in [-0.15, -0.1) is 0 Å². The number of halogens is 1. The number of rotatable bonds is 6. The lowest BCUT2D eigenvalue weighted by atomic mass is 10.0. The Labute approximate surface area is 172 Å². The van der Waals surface area contributed by atoms with Crippen molar-refractivity contribution >= 4 is 28.5 Å². The normalized spacial score (nSPS) is 11.3. The van der Waals surface area contributed by atoms with E-state index in [4.69, 9.17) is 10.5 Å². The highest BCUT2D eigenvalue weighted by atomic mass is 19.1. The number of benzene rings is 2. The molecule has 0 fully saturated rings. The lowest BCUT2D eigenvalue weighted by Gasteiger charge is -2.27. The molecule has 2 aromatic carbocycles. The Morgan fingerprint density at radius 3 is 2.60 bits per heavy atom. The first-order valence-corrected chi connectivity index (χ1v) is 9.22. The van der Waals surface area contributed by atoms with E-state index in [1.54, 1.807) is 39.0 Å². The van der Waals surface area contributed by atoms with Gasteiger partial charge in [-0.1, -0.05) is 12.1 Å². The summed E-state index contributed by atoms with van der Waals surface area (Å²) in [5.74, 6) is -1.75. The highest BCUT2D eigenvalue weighted by Crippen LogP contribution is 2.33. The Hall–Kier alpha value is -3.68. The van der Waals surface area contributed by atoms with Gasteiger partial charge in [0, 0.05) is 5.56 Å². The summed E-state index contributed by atoms with van der Waals surface area (Å²) in [4.78, 5) is 28.3. The van der Waals surface area contributed by atoms with Crippen LogP contribution in [0.25, 0.3) is 10.9 Å². The molecule has 3 aromatic rings. The predicted molar refractivity (Wildman–Crippen MR) is 111 cm³/mol. The molecule has 1 heterocycles. The zero-order chi connectivity index (χ0) is 22.1. The first-order valence-electron chi connectivity index (χ1n) is 9.22. The molecular weight excluding hydrogens is 389 g/mol. The van der Waals surface area contributed by atoms with Crippen molar-refractivity contribution < 1.29 is 23.8 Å². The number of carboxylic acid groups (broad SMARTS) is 1. The van der Waals surface area contributed by atoms with Gasteiger partial charge in [-0.2, -0.15) is 0 Å². The van der Waals surface area contributed by atoms with Crippen molar-refractivity contribution in [2.24, 2.45) is 0 Å². The van der Waals surface area contributed by atoms with Crippen LogP contribution < -0.4 is 15.8 Å². The molecule has 1 amide bonds. The van der Waals surface area contributed by atoms with E-state index >= 15 is 0 Å². The standard InChI is InChI=1S/C22H22FN3O4/c1-12-17(21(28)29)19(24)18-15(25-12)8-5-9-16(18)30-11-22(2,3)26-20(27)13-6-4-7-14(23)10-13/h4-10H,11H2,1-3H3,(H2,24,25)(H,26,27)(H,28,29). The van der Waals surface area contributed by atoms with Gasteiger partial charge in [0.05, 0.1) is 27.8 Å². The molecule has 30 heavy (non-hydrogen) atoms. The van der Waals surface area contributed by atoms with Gasteiger partial charge in [0.2, 0.25) is 0 Å². The number of carbonyl (C=O) groups is 2. The number of nitrogens with two attached hydrogens (primary N) is 1. The number of nitrogens with zero attached hydrogens (tertiary/aromatic N) is 1. The monoisotopic (exact) mass is 411 g/mol. The third-order valence-corrected chi connectivity index (χ3v) is 4.53. The van der Waals surface area contributed by atoms with E-state index in [2.05, 4.69) is 10.3 Å². The Morgan fingerprint density at radius 2 is 1.93 bits per heavy atom. The molecular formula is C22H22FN3O4. The zero-order valence-electron chi connectivity index (χ0n) is 16.8. The summed E-state index contributed by atoms with van der Waals surface area (Å²) < 4.78 is 19.3. The number of aromatic carboxylic acids is 1. The maximum Gasteiger partial charge on any atom is 0.339 e. The topological polar surface area (TPSA) is 115 Å². The molecule has 0 aliphatic carbocycles. The number of hydrogen-bond acceptors (Lipinski definition) is 5. The van der Waals surface area contributed by atoms with Crippen LogP contribution in [0.2, 0.25) is 0 Å². The number of carbonyl (C=O) groups excluding carboxylic acids is 1. The third-order valence-electron chi connectivity index (χ3n) is 4.53. The van der Waals surface area contributed by atoms with Crippen LogP contribution in [-0.4, -0.2) is 34.1 Å². The van der Waals surface area contributed by atoms with E-state index in [1.165, 1.54) is 18.2 Å². The molecule has 7 nitrogen and oxygen atoms in total. The summed E-state index contributed by atoms with van der Waals surface area (Å²) in [7, 11) is 0. The van der Waals surface area contributed by atoms with E-state index in [-0.39, 0.29) is 23.4 Å². The van der Waals surface area contributed by atoms with Crippen LogP contribution in [-0.2, 0) is 0 Å². The number of carboxylic acids is 1. The lowest BCUT2D eigenvalue weighted by molar-refractivity contribution is 0.0696. The number of ether oxygens (including phenoxy) is 1. The highest BCUT2D eigenvalue weighted by molar-refractivity contribution is 6.06. The fraction of sp³-hybridized carbons (Fsp3) is 0.227. The van der Waals surface area contributed by atoms with Crippen molar-refractivity contribution in [2.75, 3.05) is 12.3 Å². The number of fused-ring (bicyclic) bond motifs is 1. The second-order valence-electron chi connectivity index (χ2n) is 7.58. The van der Waals surface area contributed by atoms with E-state index in [0.29, 0.717) is 22.3 Å².